The summed E-state index contributed by atoms with van der Waals surface area (Å²) in [5.41, 5.74) is -0.120. The van der Waals surface area contributed by atoms with Gasteiger partial charge in [-0.05, 0) is 44.7 Å². The lowest BCUT2D eigenvalue weighted by molar-refractivity contribution is 0.0689. The van der Waals surface area contributed by atoms with E-state index in [0.29, 0.717) is 0 Å². The molecule has 104 valence electrons. The Bertz CT molecular complexity index is 497. The molecule has 0 bridgehead atoms. The van der Waals surface area contributed by atoms with Crippen molar-refractivity contribution >= 4 is 23.6 Å². The summed E-state index contributed by atoms with van der Waals surface area (Å²) in [7, 11) is 0. The van der Waals surface area contributed by atoms with Crippen molar-refractivity contribution in [2.24, 2.45) is 0 Å². The molecular formula is C14H19NO3S. The average molecular weight is 281 g/mol. The number of aromatic carboxylic acids is 1. The Hall–Kier alpha value is -1.49. The van der Waals surface area contributed by atoms with E-state index in [4.69, 9.17) is 5.11 Å². The first-order valence-corrected chi connectivity index (χ1v) is 7.27. The van der Waals surface area contributed by atoms with Crippen LogP contribution in [-0.4, -0.2) is 28.8 Å². The topological polar surface area (TPSA) is 66.4 Å². The lowest BCUT2D eigenvalue weighted by Gasteiger charge is -2.25. The number of hydrogen-bond donors (Lipinski definition) is 2. The van der Waals surface area contributed by atoms with Gasteiger partial charge >= 0.3 is 5.97 Å². The van der Waals surface area contributed by atoms with Crippen molar-refractivity contribution < 1.29 is 14.7 Å². The van der Waals surface area contributed by atoms with Crippen LogP contribution in [0.1, 0.15) is 47.9 Å². The molecule has 1 aromatic rings. The summed E-state index contributed by atoms with van der Waals surface area (Å²) in [5, 5.41) is 12.0. The molecule has 0 radical (unpaired) electrons. The third kappa shape index (κ3) is 3.99. The minimum absolute atomic E-state index is 0.0298. The number of carbonyl (C=O) groups excluding carboxylic acids is 1. The van der Waals surface area contributed by atoms with E-state index in [1.807, 2.05) is 27.0 Å². The highest BCUT2D eigenvalue weighted by Gasteiger charge is 2.23. The van der Waals surface area contributed by atoms with Crippen LogP contribution in [0.2, 0.25) is 0 Å². The Kier molecular flexibility index (Phi) is 5.00. The molecule has 1 aromatic carbocycles. The molecule has 0 aliphatic heterocycles. The largest absolute Gasteiger partial charge is 0.478 e. The molecule has 0 aliphatic carbocycles. The van der Waals surface area contributed by atoms with Gasteiger partial charge in [-0.15, -0.1) is 11.8 Å². The van der Waals surface area contributed by atoms with E-state index >= 15 is 0 Å². The van der Waals surface area contributed by atoms with Gasteiger partial charge < -0.3 is 10.4 Å². The minimum atomic E-state index is -1.09. The monoisotopic (exact) mass is 281 g/mol. The van der Waals surface area contributed by atoms with Crippen LogP contribution in [-0.2, 0) is 0 Å². The number of nitrogens with one attached hydrogen (secondary N) is 1. The fraction of sp³-hybridized carbons (Fsp3) is 0.429. The van der Waals surface area contributed by atoms with Gasteiger partial charge in [0.05, 0.1) is 11.1 Å². The minimum Gasteiger partial charge on any atom is -0.478 e. The van der Waals surface area contributed by atoms with E-state index in [1.165, 1.54) is 17.8 Å². The van der Waals surface area contributed by atoms with Crippen LogP contribution < -0.4 is 5.32 Å². The molecule has 0 saturated carbocycles. The Morgan fingerprint density at radius 1 is 1.32 bits per heavy atom. The number of carbonyl (C=O) groups is 2. The molecule has 2 N–H and O–H groups in total. The first-order valence-electron chi connectivity index (χ1n) is 6.04. The summed E-state index contributed by atoms with van der Waals surface area (Å²) < 4.78 is 0. The molecule has 0 atom stereocenters. The van der Waals surface area contributed by atoms with Crippen LogP contribution in [0, 0.1) is 0 Å². The van der Waals surface area contributed by atoms with Crippen molar-refractivity contribution in [2.75, 3.05) is 6.26 Å². The highest BCUT2D eigenvalue weighted by atomic mass is 32.2. The predicted octanol–water partition coefficient (Wildman–Crippen LogP) is 3.03. The number of rotatable bonds is 5. The third-order valence-electron chi connectivity index (χ3n) is 3.04. The molecule has 1 rings (SSSR count). The van der Waals surface area contributed by atoms with Gasteiger partial charge in [-0.3, -0.25) is 4.79 Å². The maximum Gasteiger partial charge on any atom is 0.336 e. The van der Waals surface area contributed by atoms with Gasteiger partial charge in [0.1, 0.15) is 0 Å². The molecule has 0 fully saturated rings. The van der Waals surface area contributed by atoms with Crippen molar-refractivity contribution in [3.8, 4) is 0 Å². The summed E-state index contributed by atoms with van der Waals surface area (Å²) in [6.07, 6.45) is 2.65. The second kappa shape index (κ2) is 6.10. The normalized spacial score (nSPS) is 11.2. The lowest BCUT2D eigenvalue weighted by Crippen LogP contribution is -2.43. The zero-order chi connectivity index (χ0) is 14.6. The molecular weight excluding hydrogens is 262 g/mol. The zero-order valence-corrected chi connectivity index (χ0v) is 12.4. The smallest absolute Gasteiger partial charge is 0.336 e. The summed E-state index contributed by atoms with van der Waals surface area (Å²) in [6, 6.07) is 4.80. The van der Waals surface area contributed by atoms with E-state index in [0.717, 1.165) is 11.3 Å². The van der Waals surface area contributed by atoms with Crippen molar-refractivity contribution in [2.45, 2.75) is 37.6 Å². The maximum absolute atomic E-state index is 12.2. The lowest BCUT2D eigenvalue weighted by atomic mass is 10.00. The Morgan fingerprint density at radius 3 is 2.42 bits per heavy atom. The molecule has 0 aliphatic rings. The van der Waals surface area contributed by atoms with E-state index in [2.05, 4.69) is 5.32 Å². The number of thioether (sulfide) groups is 1. The second-order valence-corrected chi connectivity index (χ2v) is 5.79. The standard InChI is InChI=1S/C14H19NO3S/c1-5-14(2,3)15-12(16)11-8-9(19-4)6-7-10(11)13(17)18/h6-8H,5H2,1-4H3,(H,15,16)(H,17,18). The van der Waals surface area contributed by atoms with Crippen molar-refractivity contribution in [1.82, 2.24) is 5.32 Å². The van der Waals surface area contributed by atoms with Crippen molar-refractivity contribution in [3.05, 3.63) is 29.3 Å². The molecule has 5 heteroatoms. The molecule has 4 nitrogen and oxygen atoms in total. The van der Waals surface area contributed by atoms with Crippen LogP contribution >= 0.6 is 11.8 Å². The van der Waals surface area contributed by atoms with Gasteiger partial charge in [0.15, 0.2) is 0 Å². The van der Waals surface area contributed by atoms with E-state index in [1.54, 1.807) is 12.1 Å². The maximum atomic E-state index is 12.2. The fourth-order valence-corrected chi connectivity index (χ4v) is 1.93. The first-order chi connectivity index (χ1) is 8.80. The number of hydrogen-bond acceptors (Lipinski definition) is 3. The summed E-state index contributed by atoms with van der Waals surface area (Å²) in [5.74, 6) is -1.44. The molecule has 0 heterocycles. The van der Waals surface area contributed by atoms with Gasteiger partial charge in [-0.2, -0.15) is 0 Å². The SMILES string of the molecule is CCC(C)(C)NC(=O)c1cc(SC)ccc1C(=O)O. The van der Waals surface area contributed by atoms with Crippen LogP contribution in [0.4, 0.5) is 0 Å². The van der Waals surface area contributed by atoms with Crippen LogP contribution in [0.15, 0.2) is 23.1 Å². The second-order valence-electron chi connectivity index (χ2n) is 4.91. The summed E-state index contributed by atoms with van der Waals surface area (Å²) >= 11 is 1.47. The average Bonchev–Trinajstić information content (AvgIpc) is 2.37. The molecule has 1 amide bonds. The zero-order valence-electron chi connectivity index (χ0n) is 11.6. The summed E-state index contributed by atoms with van der Waals surface area (Å²) in [4.78, 5) is 24.3. The van der Waals surface area contributed by atoms with E-state index in [-0.39, 0.29) is 22.6 Å². The molecule has 0 unspecified atom stereocenters. The van der Waals surface area contributed by atoms with Gasteiger partial charge in [-0.25, -0.2) is 4.79 Å². The molecule has 0 saturated heterocycles. The molecule has 0 spiro atoms. The highest BCUT2D eigenvalue weighted by Crippen LogP contribution is 2.20. The van der Waals surface area contributed by atoms with Crippen LogP contribution in [0.5, 0.6) is 0 Å². The molecule has 19 heavy (non-hydrogen) atoms. The summed E-state index contributed by atoms with van der Waals surface area (Å²) in [6.45, 7) is 5.78. The Balaban J connectivity index is 3.16. The number of benzene rings is 1. The van der Waals surface area contributed by atoms with E-state index < -0.39 is 5.97 Å². The Labute approximate surface area is 117 Å². The van der Waals surface area contributed by atoms with E-state index in [9.17, 15) is 9.59 Å². The number of carboxylic acids is 1. The highest BCUT2D eigenvalue weighted by molar-refractivity contribution is 7.98. The quantitative estimate of drug-likeness (QED) is 0.814. The molecule has 0 aromatic heterocycles. The van der Waals surface area contributed by atoms with Crippen LogP contribution in [0.3, 0.4) is 0 Å². The Morgan fingerprint density at radius 2 is 1.95 bits per heavy atom. The number of amides is 1. The van der Waals surface area contributed by atoms with Crippen molar-refractivity contribution in [3.63, 3.8) is 0 Å². The predicted molar refractivity (Wildman–Crippen MR) is 77.0 cm³/mol. The van der Waals surface area contributed by atoms with Gasteiger partial charge in [0.25, 0.3) is 5.91 Å². The number of carboxylic acid groups (broad SMARTS) is 1. The third-order valence-corrected chi connectivity index (χ3v) is 3.76. The van der Waals surface area contributed by atoms with Crippen molar-refractivity contribution in [1.29, 1.82) is 0 Å². The van der Waals surface area contributed by atoms with Crippen LogP contribution in [0.25, 0.3) is 0 Å². The fourth-order valence-electron chi connectivity index (χ4n) is 1.49. The first kappa shape index (κ1) is 15.6. The van der Waals surface area contributed by atoms with Gasteiger partial charge in [0.2, 0.25) is 0 Å². The van der Waals surface area contributed by atoms with Gasteiger partial charge in [-0.1, -0.05) is 6.92 Å². The van der Waals surface area contributed by atoms with Gasteiger partial charge in [0, 0.05) is 10.4 Å².